The Morgan fingerprint density at radius 2 is 1.94 bits per heavy atom. The fraction of sp³-hybridized carbons (Fsp3) is 0.471. The number of hydrogen-bond donors (Lipinski definition) is 0. The zero-order valence-corrected chi connectivity index (χ0v) is 12.0. The lowest BCUT2D eigenvalue weighted by Gasteiger charge is -2.35. The summed E-state index contributed by atoms with van der Waals surface area (Å²) >= 11 is 0. The van der Waals surface area contributed by atoms with E-state index in [1.807, 2.05) is 12.4 Å². The van der Waals surface area contributed by atoms with Gasteiger partial charge in [-0.1, -0.05) is 32.4 Å². The van der Waals surface area contributed by atoms with Crippen molar-refractivity contribution in [1.82, 2.24) is 4.98 Å². The van der Waals surface area contributed by atoms with E-state index in [0.29, 0.717) is 5.41 Å². The zero-order valence-electron chi connectivity index (χ0n) is 12.0. The first-order valence-corrected chi connectivity index (χ1v) is 6.86. The van der Waals surface area contributed by atoms with E-state index < -0.39 is 0 Å². The molecule has 0 spiro atoms. The van der Waals surface area contributed by atoms with Crippen molar-refractivity contribution in [3.8, 4) is 0 Å². The maximum Gasteiger partial charge on any atom is 0.0273 e. The summed E-state index contributed by atoms with van der Waals surface area (Å²) in [5.41, 5.74) is 6.25. The molecule has 0 radical (unpaired) electrons. The van der Waals surface area contributed by atoms with Gasteiger partial charge in [-0.3, -0.25) is 4.98 Å². The molecule has 0 N–H and O–H groups in total. The van der Waals surface area contributed by atoms with Crippen molar-refractivity contribution in [3.63, 3.8) is 0 Å². The van der Waals surface area contributed by atoms with Crippen molar-refractivity contribution < 1.29 is 0 Å². The van der Waals surface area contributed by atoms with Gasteiger partial charge in [0, 0.05) is 12.4 Å². The minimum atomic E-state index is 0.369. The van der Waals surface area contributed by atoms with Gasteiger partial charge in [0.25, 0.3) is 0 Å². The second-order valence-electron chi connectivity index (χ2n) is 5.79. The molecule has 0 saturated carbocycles. The van der Waals surface area contributed by atoms with Gasteiger partial charge in [0.05, 0.1) is 0 Å². The molecule has 1 nitrogen and oxygen atoms in total. The average molecular weight is 241 g/mol. The Morgan fingerprint density at radius 3 is 2.56 bits per heavy atom. The molecule has 1 aromatic heterocycles. The Labute approximate surface area is 111 Å². The molecule has 0 aromatic carbocycles. The van der Waals surface area contributed by atoms with E-state index in [1.54, 1.807) is 5.57 Å². The molecule has 0 aliphatic heterocycles. The summed E-state index contributed by atoms with van der Waals surface area (Å²) in [7, 11) is 0. The summed E-state index contributed by atoms with van der Waals surface area (Å²) in [4.78, 5) is 4.07. The fourth-order valence-electron chi connectivity index (χ4n) is 3.07. The Balaban J connectivity index is 2.40. The maximum atomic E-state index is 4.07. The summed E-state index contributed by atoms with van der Waals surface area (Å²) in [5.74, 6) is 0. The quantitative estimate of drug-likeness (QED) is 0.709. The number of allylic oxidation sites excluding steroid dienone is 3. The molecule has 1 aliphatic carbocycles. The van der Waals surface area contributed by atoms with Crippen molar-refractivity contribution >= 4 is 6.08 Å². The standard InChI is InChI=1S/C17H23N/c1-5-16-13(2)15(6-9-17(16,3)4)12-14-7-10-18-11-8-14/h7-8,10-12H,5-6,9H2,1-4H3/b15-12+. The zero-order chi connectivity index (χ0) is 13.2. The Kier molecular flexibility index (Phi) is 3.70. The van der Waals surface area contributed by atoms with Crippen LogP contribution >= 0.6 is 0 Å². The highest BCUT2D eigenvalue weighted by Crippen LogP contribution is 2.44. The van der Waals surface area contributed by atoms with E-state index >= 15 is 0 Å². The van der Waals surface area contributed by atoms with Crippen molar-refractivity contribution in [1.29, 1.82) is 0 Å². The van der Waals surface area contributed by atoms with Gasteiger partial charge >= 0.3 is 0 Å². The van der Waals surface area contributed by atoms with Crippen LogP contribution in [0.5, 0.6) is 0 Å². The number of nitrogens with zero attached hydrogens (tertiary/aromatic N) is 1. The highest BCUT2D eigenvalue weighted by atomic mass is 14.6. The van der Waals surface area contributed by atoms with E-state index in [4.69, 9.17) is 0 Å². The lowest BCUT2D eigenvalue weighted by Crippen LogP contribution is -2.21. The lowest BCUT2D eigenvalue weighted by molar-refractivity contribution is 0.381. The van der Waals surface area contributed by atoms with Crippen LogP contribution in [-0.4, -0.2) is 4.98 Å². The maximum absolute atomic E-state index is 4.07. The number of pyridine rings is 1. The summed E-state index contributed by atoms with van der Waals surface area (Å²) < 4.78 is 0. The van der Waals surface area contributed by atoms with Gasteiger partial charge in [0.2, 0.25) is 0 Å². The highest BCUT2D eigenvalue weighted by molar-refractivity contribution is 5.59. The van der Waals surface area contributed by atoms with Crippen LogP contribution in [0.2, 0.25) is 0 Å². The summed E-state index contributed by atoms with van der Waals surface area (Å²) in [6, 6.07) is 4.15. The van der Waals surface area contributed by atoms with Crippen LogP contribution in [0.15, 0.2) is 41.2 Å². The monoisotopic (exact) mass is 241 g/mol. The van der Waals surface area contributed by atoms with Crippen molar-refractivity contribution in [2.24, 2.45) is 5.41 Å². The molecular formula is C17H23N. The van der Waals surface area contributed by atoms with Crippen LogP contribution in [0, 0.1) is 5.41 Å². The third-order valence-electron chi connectivity index (χ3n) is 4.17. The van der Waals surface area contributed by atoms with Crippen molar-refractivity contribution in [2.45, 2.75) is 47.0 Å². The highest BCUT2D eigenvalue weighted by Gasteiger charge is 2.28. The van der Waals surface area contributed by atoms with E-state index in [2.05, 4.69) is 50.9 Å². The molecule has 18 heavy (non-hydrogen) atoms. The van der Waals surface area contributed by atoms with E-state index in [0.717, 1.165) is 6.42 Å². The van der Waals surface area contributed by atoms with Crippen molar-refractivity contribution in [3.05, 3.63) is 46.8 Å². The molecular weight excluding hydrogens is 218 g/mol. The Morgan fingerprint density at radius 1 is 1.28 bits per heavy atom. The molecule has 1 aromatic rings. The first kappa shape index (κ1) is 13.1. The number of hydrogen-bond acceptors (Lipinski definition) is 1. The second-order valence-corrected chi connectivity index (χ2v) is 5.79. The SMILES string of the molecule is CCC1=C(C)/C(=C/c2ccncc2)CCC1(C)C. The first-order chi connectivity index (χ1) is 8.54. The predicted molar refractivity (Wildman–Crippen MR) is 78.2 cm³/mol. The third kappa shape index (κ3) is 2.55. The molecule has 0 fully saturated rings. The lowest BCUT2D eigenvalue weighted by atomic mass is 9.70. The van der Waals surface area contributed by atoms with Crippen molar-refractivity contribution in [2.75, 3.05) is 0 Å². The fourth-order valence-corrected chi connectivity index (χ4v) is 3.07. The van der Waals surface area contributed by atoms with Gasteiger partial charge in [0.1, 0.15) is 0 Å². The van der Waals surface area contributed by atoms with Gasteiger partial charge < -0.3 is 0 Å². The minimum Gasteiger partial charge on any atom is -0.265 e. The summed E-state index contributed by atoms with van der Waals surface area (Å²) in [6.07, 6.45) is 9.64. The summed E-state index contributed by atoms with van der Waals surface area (Å²) in [5, 5.41) is 0. The van der Waals surface area contributed by atoms with Crippen LogP contribution in [0.3, 0.4) is 0 Å². The van der Waals surface area contributed by atoms with E-state index in [9.17, 15) is 0 Å². The molecule has 0 amide bonds. The van der Waals surface area contributed by atoms with Gasteiger partial charge in [-0.25, -0.2) is 0 Å². The third-order valence-corrected chi connectivity index (χ3v) is 4.17. The molecule has 0 unspecified atom stereocenters. The predicted octanol–water partition coefficient (Wildman–Crippen LogP) is 5.01. The van der Waals surface area contributed by atoms with E-state index in [-0.39, 0.29) is 0 Å². The second kappa shape index (κ2) is 5.09. The Hall–Kier alpha value is -1.37. The van der Waals surface area contributed by atoms with Crippen LogP contribution in [-0.2, 0) is 0 Å². The minimum absolute atomic E-state index is 0.369. The molecule has 0 saturated heterocycles. The van der Waals surface area contributed by atoms with Crippen LogP contribution in [0.1, 0.15) is 52.5 Å². The smallest absolute Gasteiger partial charge is 0.0273 e. The van der Waals surface area contributed by atoms with Gasteiger partial charge in [-0.05, 0) is 60.4 Å². The molecule has 0 bridgehead atoms. The average Bonchev–Trinajstić information content (AvgIpc) is 2.34. The van der Waals surface area contributed by atoms with Gasteiger partial charge in [-0.15, -0.1) is 0 Å². The molecule has 1 heteroatoms. The topological polar surface area (TPSA) is 12.9 Å². The van der Waals surface area contributed by atoms with Crippen LogP contribution in [0.4, 0.5) is 0 Å². The molecule has 2 rings (SSSR count). The first-order valence-electron chi connectivity index (χ1n) is 6.86. The normalized spacial score (nSPS) is 21.4. The molecule has 1 aliphatic rings. The van der Waals surface area contributed by atoms with Crippen LogP contribution < -0.4 is 0 Å². The summed E-state index contributed by atoms with van der Waals surface area (Å²) in [6.45, 7) is 9.31. The number of aromatic nitrogens is 1. The van der Waals surface area contributed by atoms with Crippen LogP contribution in [0.25, 0.3) is 6.08 Å². The van der Waals surface area contributed by atoms with Gasteiger partial charge in [-0.2, -0.15) is 0 Å². The van der Waals surface area contributed by atoms with Gasteiger partial charge in [0.15, 0.2) is 0 Å². The molecule has 1 heterocycles. The largest absolute Gasteiger partial charge is 0.265 e. The molecule has 96 valence electrons. The molecule has 0 atom stereocenters. The Bertz CT molecular complexity index is 478. The number of rotatable bonds is 2. The van der Waals surface area contributed by atoms with E-state index in [1.165, 1.54) is 29.6 Å².